The Balaban J connectivity index is 0.000000868. The van der Waals surface area contributed by atoms with Crippen LogP contribution in [0.3, 0.4) is 0 Å². The van der Waals surface area contributed by atoms with E-state index in [1.807, 2.05) is 49.5 Å². The van der Waals surface area contributed by atoms with Crippen LogP contribution in [-0.4, -0.2) is 52.7 Å². The molecule has 34 heavy (non-hydrogen) atoms. The molecule has 0 radical (unpaired) electrons. The minimum absolute atomic E-state index is 0.0455. The zero-order valence-electron chi connectivity index (χ0n) is 18.7. The molecule has 0 saturated carbocycles. The van der Waals surface area contributed by atoms with Crippen molar-refractivity contribution < 1.29 is 19.1 Å². The normalized spacial score (nSPS) is 13.0. The third-order valence-corrected chi connectivity index (χ3v) is 5.97. The van der Waals surface area contributed by atoms with Gasteiger partial charge in [-0.2, -0.15) is 5.10 Å². The van der Waals surface area contributed by atoms with Gasteiger partial charge in [-0.25, -0.2) is 4.39 Å². The third kappa shape index (κ3) is 4.82. The van der Waals surface area contributed by atoms with E-state index in [0.717, 1.165) is 46.2 Å². The number of H-pyrrole nitrogens is 1. The molecule has 0 atom stereocenters. The Hall–Kier alpha value is -4.04. The number of hydrogen-bond acceptors (Lipinski definition) is 4. The number of fused-ring (bicyclic) bond motifs is 1. The first-order chi connectivity index (χ1) is 16.5. The number of amides is 1. The summed E-state index contributed by atoms with van der Waals surface area (Å²) in [5.74, 6) is 0.00830. The molecule has 1 amide bonds. The van der Waals surface area contributed by atoms with Gasteiger partial charge in [0, 0.05) is 43.5 Å². The smallest absolute Gasteiger partial charge is 0.290 e. The fraction of sp³-hybridized carbons (Fsp3) is 0.192. The summed E-state index contributed by atoms with van der Waals surface area (Å²) >= 11 is 0. The highest BCUT2D eigenvalue weighted by molar-refractivity contribution is 5.95. The van der Waals surface area contributed by atoms with Crippen molar-refractivity contribution in [3.63, 3.8) is 0 Å². The van der Waals surface area contributed by atoms with Crippen LogP contribution in [0, 0.1) is 5.82 Å². The number of aromatic amines is 1. The Kier molecular flexibility index (Phi) is 6.98. The van der Waals surface area contributed by atoms with Crippen molar-refractivity contribution in [3.05, 3.63) is 89.4 Å². The maximum absolute atomic E-state index is 13.8. The highest BCUT2D eigenvalue weighted by Crippen LogP contribution is 2.33. The fourth-order valence-corrected chi connectivity index (χ4v) is 4.17. The first-order valence-corrected chi connectivity index (χ1v) is 10.9. The number of rotatable bonds is 5. The number of aromatic nitrogens is 2. The summed E-state index contributed by atoms with van der Waals surface area (Å²) in [4.78, 5) is 23.3. The van der Waals surface area contributed by atoms with Crippen LogP contribution in [0.5, 0.6) is 0 Å². The van der Waals surface area contributed by atoms with Crippen molar-refractivity contribution in [2.75, 3.05) is 20.1 Å². The van der Waals surface area contributed by atoms with Crippen LogP contribution < -0.4 is 5.32 Å². The van der Waals surface area contributed by atoms with Gasteiger partial charge < -0.3 is 15.3 Å². The average molecular weight is 461 g/mol. The topological polar surface area (TPSA) is 98.3 Å². The highest BCUT2D eigenvalue weighted by atomic mass is 19.1. The molecule has 4 aromatic rings. The molecule has 1 aliphatic rings. The van der Waals surface area contributed by atoms with Gasteiger partial charge in [-0.05, 0) is 46.5 Å². The lowest BCUT2D eigenvalue weighted by Gasteiger charge is -2.30. The Morgan fingerprint density at radius 1 is 1.18 bits per heavy atom. The number of para-hydroxylation sites is 1. The van der Waals surface area contributed by atoms with E-state index in [0.29, 0.717) is 18.0 Å². The molecule has 0 spiro atoms. The first-order valence-electron chi connectivity index (χ1n) is 10.9. The van der Waals surface area contributed by atoms with E-state index in [-0.39, 0.29) is 18.2 Å². The van der Waals surface area contributed by atoms with Gasteiger partial charge in [0.05, 0.1) is 11.7 Å². The lowest BCUT2D eigenvalue weighted by molar-refractivity contribution is -0.122. The monoisotopic (exact) mass is 460 g/mol. The van der Waals surface area contributed by atoms with Crippen LogP contribution in [0.2, 0.25) is 0 Å². The van der Waals surface area contributed by atoms with Crippen molar-refractivity contribution in [2.45, 2.75) is 12.5 Å². The number of benzene rings is 3. The van der Waals surface area contributed by atoms with Crippen molar-refractivity contribution in [1.82, 2.24) is 20.4 Å². The molecule has 1 saturated heterocycles. The van der Waals surface area contributed by atoms with Crippen LogP contribution in [0.4, 0.5) is 4.39 Å². The molecule has 1 aliphatic heterocycles. The lowest BCUT2D eigenvalue weighted by atomic mass is 9.85. The number of nitrogens with one attached hydrogen (secondary N) is 2. The van der Waals surface area contributed by atoms with E-state index in [1.165, 1.54) is 6.07 Å². The highest BCUT2D eigenvalue weighted by Gasteiger charge is 2.24. The largest absolute Gasteiger partial charge is 0.483 e. The van der Waals surface area contributed by atoms with Crippen LogP contribution in [0.25, 0.3) is 22.0 Å². The molecular formula is C26H25FN4O3. The minimum Gasteiger partial charge on any atom is -0.483 e. The predicted octanol–water partition coefficient (Wildman–Crippen LogP) is 4.03. The summed E-state index contributed by atoms with van der Waals surface area (Å²) in [6.45, 7) is 1.94. The second kappa shape index (κ2) is 10.3. The van der Waals surface area contributed by atoms with Crippen LogP contribution >= 0.6 is 0 Å². The number of carbonyl (C=O) groups excluding carboxylic acids is 1. The molecule has 8 heteroatoms. The van der Waals surface area contributed by atoms with Gasteiger partial charge in [-0.15, -0.1) is 0 Å². The predicted molar refractivity (Wildman–Crippen MR) is 128 cm³/mol. The van der Waals surface area contributed by atoms with Gasteiger partial charge in [0.2, 0.25) is 0 Å². The molecule has 5 rings (SSSR count). The van der Waals surface area contributed by atoms with E-state index >= 15 is 0 Å². The van der Waals surface area contributed by atoms with Crippen molar-refractivity contribution >= 4 is 23.3 Å². The summed E-state index contributed by atoms with van der Waals surface area (Å²) in [5.41, 5.74) is 5.50. The standard InChI is InChI=1S/C25H23FN4O.CH2O2/c1-30(15-19-6-2-5-18-14-28-29-24(18)19)25(31)17-8-9-22(16-4-3-7-21(26)10-16)23(11-17)20-12-27-13-20;2-1-3/h2-11,14,20,27H,12-13,15H2,1H3,(H,28,29);1H,(H,2,3). The molecule has 0 aliphatic carbocycles. The quantitative estimate of drug-likeness (QED) is 0.391. The Morgan fingerprint density at radius 2 is 1.94 bits per heavy atom. The molecular weight excluding hydrogens is 435 g/mol. The van der Waals surface area contributed by atoms with Gasteiger partial charge >= 0.3 is 0 Å². The Bertz CT molecular complexity index is 1320. The fourth-order valence-electron chi connectivity index (χ4n) is 4.17. The zero-order valence-corrected chi connectivity index (χ0v) is 18.7. The van der Waals surface area contributed by atoms with E-state index < -0.39 is 0 Å². The Morgan fingerprint density at radius 3 is 2.65 bits per heavy atom. The molecule has 3 aromatic carbocycles. The van der Waals surface area contributed by atoms with E-state index in [1.54, 1.807) is 23.2 Å². The van der Waals surface area contributed by atoms with Crippen molar-refractivity contribution in [1.29, 1.82) is 0 Å². The van der Waals surface area contributed by atoms with Gasteiger partial charge in [0.25, 0.3) is 12.4 Å². The minimum atomic E-state index is -0.261. The van der Waals surface area contributed by atoms with E-state index in [2.05, 4.69) is 15.5 Å². The summed E-state index contributed by atoms with van der Waals surface area (Å²) < 4.78 is 13.8. The average Bonchev–Trinajstić information content (AvgIpc) is 3.28. The number of carbonyl (C=O) groups is 2. The number of halogens is 1. The van der Waals surface area contributed by atoms with Gasteiger partial charge in [0.1, 0.15) is 5.82 Å². The summed E-state index contributed by atoms with van der Waals surface area (Å²) in [7, 11) is 1.81. The van der Waals surface area contributed by atoms with E-state index in [9.17, 15) is 9.18 Å². The molecule has 0 bridgehead atoms. The molecule has 3 N–H and O–H groups in total. The third-order valence-electron chi connectivity index (χ3n) is 5.97. The molecule has 1 fully saturated rings. The number of nitrogens with zero attached hydrogens (tertiary/aromatic N) is 2. The number of hydrogen-bond donors (Lipinski definition) is 3. The van der Waals surface area contributed by atoms with E-state index in [4.69, 9.17) is 9.90 Å². The van der Waals surface area contributed by atoms with Crippen LogP contribution in [0.1, 0.15) is 27.4 Å². The van der Waals surface area contributed by atoms with Crippen molar-refractivity contribution in [3.8, 4) is 11.1 Å². The molecule has 2 heterocycles. The van der Waals surface area contributed by atoms with Crippen LogP contribution in [0.15, 0.2) is 66.9 Å². The maximum Gasteiger partial charge on any atom is 0.290 e. The molecule has 174 valence electrons. The Labute approximate surface area is 196 Å². The summed E-state index contributed by atoms with van der Waals surface area (Å²) in [6, 6.07) is 18.3. The molecule has 0 unspecified atom stereocenters. The first kappa shape index (κ1) is 23.1. The van der Waals surface area contributed by atoms with Gasteiger partial charge in [0.15, 0.2) is 0 Å². The SMILES string of the molecule is CN(Cc1cccc2cn[nH]c12)C(=O)c1ccc(-c2cccc(F)c2)c(C2CNC2)c1.O=CO. The van der Waals surface area contributed by atoms with Gasteiger partial charge in [-0.1, -0.05) is 36.4 Å². The zero-order chi connectivity index (χ0) is 24.1. The molecule has 7 nitrogen and oxygen atoms in total. The number of carboxylic acid groups (broad SMARTS) is 1. The lowest BCUT2D eigenvalue weighted by Crippen LogP contribution is -2.40. The van der Waals surface area contributed by atoms with Crippen molar-refractivity contribution in [2.24, 2.45) is 0 Å². The van der Waals surface area contributed by atoms with Crippen LogP contribution in [-0.2, 0) is 11.3 Å². The molecule has 1 aromatic heterocycles. The second-order valence-corrected chi connectivity index (χ2v) is 8.19. The maximum atomic E-state index is 13.8. The van der Waals surface area contributed by atoms with Gasteiger partial charge in [-0.3, -0.25) is 14.7 Å². The summed E-state index contributed by atoms with van der Waals surface area (Å²) in [5, 5.41) is 18.3. The summed E-state index contributed by atoms with van der Waals surface area (Å²) in [6.07, 6.45) is 1.78. The second-order valence-electron chi connectivity index (χ2n) is 8.19.